The molecular weight excluding hydrogens is 386 g/mol. The number of carbonyl (C=O) groups is 1. The van der Waals surface area contributed by atoms with Gasteiger partial charge in [0.05, 0.1) is 22.2 Å². The summed E-state index contributed by atoms with van der Waals surface area (Å²) in [6, 6.07) is 13.4. The van der Waals surface area contributed by atoms with E-state index in [-0.39, 0.29) is 17.3 Å². The SMILES string of the molecule is O=C(CNc1ccccc1Cl)Nc1ccc(S(=O)(=O)N2CCCCC2)cc1. The topological polar surface area (TPSA) is 78.5 Å². The molecular formula is C19H22ClN3O3S. The van der Waals surface area contributed by atoms with Crippen molar-refractivity contribution in [2.75, 3.05) is 30.3 Å². The van der Waals surface area contributed by atoms with Crippen LogP contribution < -0.4 is 10.6 Å². The Balaban J connectivity index is 1.58. The second-order valence-corrected chi connectivity index (χ2v) is 8.72. The molecule has 1 saturated heterocycles. The molecule has 1 aliphatic rings. The quantitative estimate of drug-likeness (QED) is 0.767. The average molecular weight is 408 g/mol. The number of carbonyl (C=O) groups excluding carboxylic acids is 1. The van der Waals surface area contributed by atoms with E-state index < -0.39 is 10.0 Å². The van der Waals surface area contributed by atoms with E-state index in [2.05, 4.69) is 10.6 Å². The maximum absolute atomic E-state index is 12.6. The van der Waals surface area contributed by atoms with Crippen molar-refractivity contribution in [3.05, 3.63) is 53.6 Å². The van der Waals surface area contributed by atoms with Crippen molar-refractivity contribution >= 4 is 38.9 Å². The van der Waals surface area contributed by atoms with Crippen molar-refractivity contribution in [1.82, 2.24) is 4.31 Å². The highest BCUT2D eigenvalue weighted by atomic mass is 35.5. The van der Waals surface area contributed by atoms with Gasteiger partial charge in [0.2, 0.25) is 15.9 Å². The Morgan fingerprint density at radius 1 is 1.00 bits per heavy atom. The first-order valence-corrected chi connectivity index (χ1v) is 10.7. The molecule has 1 amide bonds. The Labute approximate surface area is 164 Å². The smallest absolute Gasteiger partial charge is 0.243 e. The average Bonchev–Trinajstić information content (AvgIpc) is 2.68. The lowest BCUT2D eigenvalue weighted by atomic mass is 10.2. The van der Waals surface area contributed by atoms with E-state index in [0.29, 0.717) is 29.5 Å². The standard InChI is InChI=1S/C19H22ClN3O3S/c20-17-6-2-3-7-18(17)21-14-19(24)22-15-8-10-16(11-9-15)27(25,26)23-12-4-1-5-13-23/h2-3,6-11,21H,1,4-5,12-14H2,(H,22,24). The molecule has 3 rings (SSSR count). The third-order valence-electron chi connectivity index (χ3n) is 4.40. The van der Waals surface area contributed by atoms with Crippen molar-refractivity contribution in [2.24, 2.45) is 0 Å². The van der Waals surface area contributed by atoms with Crippen LogP contribution in [-0.4, -0.2) is 38.3 Å². The zero-order valence-corrected chi connectivity index (χ0v) is 16.4. The summed E-state index contributed by atoms with van der Waals surface area (Å²) < 4.78 is 26.8. The van der Waals surface area contributed by atoms with Crippen molar-refractivity contribution in [1.29, 1.82) is 0 Å². The third kappa shape index (κ3) is 5.00. The highest BCUT2D eigenvalue weighted by Crippen LogP contribution is 2.22. The van der Waals surface area contributed by atoms with Gasteiger partial charge in [-0.2, -0.15) is 4.31 Å². The maximum atomic E-state index is 12.6. The number of anilines is 2. The third-order valence-corrected chi connectivity index (χ3v) is 6.65. The van der Waals surface area contributed by atoms with Crippen LogP contribution in [0.3, 0.4) is 0 Å². The van der Waals surface area contributed by atoms with Crippen molar-refractivity contribution in [3.8, 4) is 0 Å². The molecule has 0 bridgehead atoms. The number of nitrogens with one attached hydrogen (secondary N) is 2. The lowest BCUT2D eigenvalue weighted by Gasteiger charge is -2.25. The molecule has 0 unspecified atom stereocenters. The molecule has 1 aliphatic heterocycles. The van der Waals surface area contributed by atoms with Gasteiger partial charge in [-0.3, -0.25) is 4.79 Å². The summed E-state index contributed by atoms with van der Waals surface area (Å²) in [6.45, 7) is 1.18. The number of amides is 1. The Bertz CT molecular complexity index is 895. The first-order chi connectivity index (χ1) is 13.0. The molecule has 0 radical (unpaired) electrons. The van der Waals surface area contributed by atoms with Crippen LogP contribution in [0.15, 0.2) is 53.4 Å². The lowest BCUT2D eigenvalue weighted by Crippen LogP contribution is -2.35. The fraction of sp³-hybridized carbons (Fsp3) is 0.316. The summed E-state index contributed by atoms with van der Waals surface area (Å²) in [5.41, 5.74) is 1.22. The zero-order valence-electron chi connectivity index (χ0n) is 14.8. The van der Waals surface area contributed by atoms with Gasteiger partial charge in [-0.15, -0.1) is 0 Å². The fourth-order valence-corrected chi connectivity index (χ4v) is 4.67. The van der Waals surface area contributed by atoms with Crippen LogP contribution in [0.1, 0.15) is 19.3 Å². The van der Waals surface area contributed by atoms with Crippen LogP contribution in [0.4, 0.5) is 11.4 Å². The first kappa shape index (κ1) is 19.7. The van der Waals surface area contributed by atoms with E-state index in [1.54, 1.807) is 24.3 Å². The molecule has 6 nitrogen and oxygen atoms in total. The van der Waals surface area contributed by atoms with Crippen molar-refractivity contribution < 1.29 is 13.2 Å². The number of piperidine rings is 1. The van der Waals surface area contributed by atoms with Crippen LogP contribution in [0.5, 0.6) is 0 Å². The van der Waals surface area contributed by atoms with Gasteiger partial charge in [0.25, 0.3) is 0 Å². The molecule has 0 spiro atoms. The van der Waals surface area contributed by atoms with Gasteiger partial charge in [0.15, 0.2) is 0 Å². The summed E-state index contributed by atoms with van der Waals surface area (Å²) in [4.78, 5) is 12.3. The van der Waals surface area contributed by atoms with Gasteiger partial charge in [-0.05, 0) is 49.2 Å². The molecule has 0 aromatic heterocycles. The highest BCUT2D eigenvalue weighted by Gasteiger charge is 2.25. The van der Waals surface area contributed by atoms with E-state index in [0.717, 1.165) is 19.3 Å². The van der Waals surface area contributed by atoms with Crippen LogP contribution in [-0.2, 0) is 14.8 Å². The molecule has 2 aromatic carbocycles. The second-order valence-electron chi connectivity index (χ2n) is 6.37. The van der Waals surface area contributed by atoms with Gasteiger partial charge in [0.1, 0.15) is 0 Å². The Kier molecular flexibility index (Phi) is 6.36. The molecule has 1 fully saturated rings. The van der Waals surface area contributed by atoms with Crippen molar-refractivity contribution in [3.63, 3.8) is 0 Å². The van der Waals surface area contributed by atoms with Crippen LogP contribution in [0.2, 0.25) is 5.02 Å². The monoisotopic (exact) mass is 407 g/mol. The summed E-state index contributed by atoms with van der Waals surface area (Å²) >= 11 is 6.04. The number of sulfonamides is 1. The van der Waals surface area contributed by atoms with E-state index in [9.17, 15) is 13.2 Å². The summed E-state index contributed by atoms with van der Waals surface area (Å²) in [6.07, 6.45) is 2.86. The van der Waals surface area contributed by atoms with E-state index in [4.69, 9.17) is 11.6 Å². The Morgan fingerprint density at radius 3 is 2.33 bits per heavy atom. The van der Waals surface area contributed by atoms with E-state index >= 15 is 0 Å². The predicted molar refractivity (Wildman–Crippen MR) is 108 cm³/mol. The molecule has 144 valence electrons. The number of benzene rings is 2. The lowest BCUT2D eigenvalue weighted by molar-refractivity contribution is -0.114. The molecule has 0 saturated carbocycles. The zero-order chi connectivity index (χ0) is 19.3. The minimum atomic E-state index is -3.46. The molecule has 8 heteroatoms. The summed E-state index contributed by atoms with van der Waals surface area (Å²) in [5.74, 6) is -0.249. The minimum Gasteiger partial charge on any atom is -0.375 e. The maximum Gasteiger partial charge on any atom is 0.243 e. The minimum absolute atomic E-state index is 0.0531. The van der Waals surface area contributed by atoms with Gasteiger partial charge in [0, 0.05) is 18.8 Å². The number of para-hydroxylation sites is 1. The molecule has 27 heavy (non-hydrogen) atoms. The second kappa shape index (κ2) is 8.73. The first-order valence-electron chi connectivity index (χ1n) is 8.85. The number of halogens is 1. The number of rotatable bonds is 6. The van der Waals surface area contributed by atoms with Crippen LogP contribution in [0.25, 0.3) is 0 Å². The molecule has 2 aromatic rings. The number of nitrogens with zero attached hydrogens (tertiary/aromatic N) is 1. The van der Waals surface area contributed by atoms with Gasteiger partial charge >= 0.3 is 0 Å². The predicted octanol–water partition coefficient (Wildman–Crippen LogP) is 3.57. The Hall–Kier alpha value is -2.09. The van der Waals surface area contributed by atoms with Gasteiger partial charge < -0.3 is 10.6 Å². The van der Waals surface area contributed by atoms with E-state index in [1.165, 1.54) is 16.4 Å². The van der Waals surface area contributed by atoms with Crippen LogP contribution in [0, 0.1) is 0 Å². The number of hydrogen-bond acceptors (Lipinski definition) is 4. The van der Waals surface area contributed by atoms with Crippen LogP contribution >= 0.6 is 11.6 Å². The molecule has 1 heterocycles. The summed E-state index contributed by atoms with van der Waals surface area (Å²) in [5, 5.41) is 6.24. The highest BCUT2D eigenvalue weighted by molar-refractivity contribution is 7.89. The Morgan fingerprint density at radius 2 is 1.67 bits per heavy atom. The largest absolute Gasteiger partial charge is 0.375 e. The molecule has 0 atom stereocenters. The molecule has 2 N–H and O–H groups in total. The van der Waals surface area contributed by atoms with Gasteiger partial charge in [-0.25, -0.2) is 8.42 Å². The summed E-state index contributed by atoms with van der Waals surface area (Å²) in [7, 11) is -3.46. The van der Waals surface area contributed by atoms with E-state index in [1.807, 2.05) is 12.1 Å². The van der Waals surface area contributed by atoms with Crippen molar-refractivity contribution in [2.45, 2.75) is 24.2 Å². The molecule has 0 aliphatic carbocycles. The fourth-order valence-electron chi connectivity index (χ4n) is 2.95. The van der Waals surface area contributed by atoms with Gasteiger partial charge in [-0.1, -0.05) is 30.2 Å². The number of hydrogen-bond donors (Lipinski definition) is 2. The normalized spacial score (nSPS) is 15.3.